The van der Waals surface area contributed by atoms with Gasteiger partial charge >= 0.3 is 6.80 Å². The van der Waals surface area contributed by atoms with E-state index in [0.29, 0.717) is 11.4 Å². The van der Waals surface area contributed by atoms with Gasteiger partial charge in [-0.2, -0.15) is 0 Å². The van der Waals surface area contributed by atoms with Crippen LogP contribution in [-0.2, 0) is 4.57 Å². The Kier molecular flexibility index (Phi) is 3.77. The lowest BCUT2D eigenvalue weighted by Gasteiger charge is -2.07. The van der Waals surface area contributed by atoms with E-state index in [-0.39, 0.29) is 11.8 Å². The van der Waals surface area contributed by atoms with Crippen LogP contribution in [0.5, 0.6) is 0 Å². The van der Waals surface area contributed by atoms with E-state index in [4.69, 9.17) is 15.5 Å². The van der Waals surface area contributed by atoms with Crippen molar-refractivity contribution in [3.05, 3.63) is 0 Å². The molecule has 0 fully saturated rings. The fraction of sp³-hybridized carbons (Fsp3) is 1.00. The Labute approximate surface area is 57.7 Å². The molecule has 0 bridgehead atoms. The minimum atomic E-state index is -3.90. The SMILES string of the molecule is CC(CN)SP(=O)(O)O. The van der Waals surface area contributed by atoms with Crippen molar-refractivity contribution in [3.63, 3.8) is 0 Å². The van der Waals surface area contributed by atoms with Crippen molar-refractivity contribution < 1.29 is 14.4 Å². The lowest BCUT2D eigenvalue weighted by Crippen LogP contribution is -2.11. The van der Waals surface area contributed by atoms with Crippen molar-refractivity contribution in [2.45, 2.75) is 12.2 Å². The molecule has 0 saturated heterocycles. The third kappa shape index (κ3) is 6.34. The molecule has 4 nitrogen and oxygen atoms in total. The van der Waals surface area contributed by atoms with Crippen LogP contribution in [0.25, 0.3) is 0 Å². The van der Waals surface area contributed by atoms with E-state index in [1.54, 1.807) is 6.92 Å². The van der Waals surface area contributed by atoms with Crippen LogP contribution in [-0.4, -0.2) is 21.6 Å². The Bertz CT molecular complexity index is 124. The quantitative estimate of drug-likeness (QED) is 0.527. The number of hydrogen-bond donors (Lipinski definition) is 3. The fourth-order valence-corrected chi connectivity index (χ4v) is 2.50. The Morgan fingerprint density at radius 1 is 1.78 bits per heavy atom. The van der Waals surface area contributed by atoms with E-state index in [0.717, 1.165) is 0 Å². The summed E-state index contributed by atoms with van der Waals surface area (Å²) >= 11 is 0.598. The zero-order valence-corrected chi connectivity index (χ0v) is 6.73. The van der Waals surface area contributed by atoms with Gasteiger partial charge in [0.2, 0.25) is 0 Å². The highest BCUT2D eigenvalue weighted by Crippen LogP contribution is 2.52. The second-order valence-electron chi connectivity index (χ2n) is 1.64. The minimum Gasteiger partial charge on any atom is -0.329 e. The first-order valence-electron chi connectivity index (χ1n) is 2.39. The second-order valence-corrected chi connectivity index (χ2v) is 5.70. The van der Waals surface area contributed by atoms with E-state index >= 15 is 0 Å². The van der Waals surface area contributed by atoms with Crippen molar-refractivity contribution in [2.75, 3.05) is 6.54 Å². The van der Waals surface area contributed by atoms with Crippen molar-refractivity contribution in [1.82, 2.24) is 0 Å². The lowest BCUT2D eigenvalue weighted by molar-refractivity contribution is 0.396. The smallest absolute Gasteiger partial charge is 0.329 e. The molecule has 0 amide bonds. The second kappa shape index (κ2) is 3.58. The summed E-state index contributed by atoms with van der Waals surface area (Å²) in [6.07, 6.45) is 0. The van der Waals surface area contributed by atoms with Gasteiger partial charge in [-0.1, -0.05) is 6.92 Å². The van der Waals surface area contributed by atoms with E-state index in [9.17, 15) is 4.57 Å². The van der Waals surface area contributed by atoms with Crippen LogP contribution in [0.4, 0.5) is 0 Å². The molecule has 0 aliphatic rings. The van der Waals surface area contributed by atoms with E-state index < -0.39 is 6.80 Å². The molecular formula is C3H10NO3PS. The molecule has 0 aliphatic carbocycles. The van der Waals surface area contributed by atoms with Crippen LogP contribution in [0.1, 0.15) is 6.92 Å². The maximum Gasteiger partial charge on any atom is 0.384 e. The van der Waals surface area contributed by atoms with Crippen molar-refractivity contribution in [1.29, 1.82) is 0 Å². The van der Waals surface area contributed by atoms with Gasteiger partial charge in [-0.15, -0.1) is 0 Å². The van der Waals surface area contributed by atoms with Crippen LogP contribution in [0.2, 0.25) is 0 Å². The molecule has 9 heavy (non-hydrogen) atoms. The Hall–Kier alpha value is 0.460. The van der Waals surface area contributed by atoms with Crippen LogP contribution >= 0.6 is 18.2 Å². The number of rotatable bonds is 3. The first kappa shape index (κ1) is 9.46. The summed E-state index contributed by atoms with van der Waals surface area (Å²) in [7, 11) is 0. The van der Waals surface area contributed by atoms with Gasteiger partial charge in [0, 0.05) is 11.8 Å². The Morgan fingerprint density at radius 2 is 2.22 bits per heavy atom. The van der Waals surface area contributed by atoms with Crippen molar-refractivity contribution >= 4 is 18.2 Å². The molecule has 1 atom stereocenters. The lowest BCUT2D eigenvalue weighted by atomic mass is 10.5. The molecule has 0 heterocycles. The molecule has 1 unspecified atom stereocenters. The van der Waals surface area contributed by atoms with Crippen LogP contribution in [0.15, 0.2) is 0 Å². The van der Waals surface area contributed by atoms with Gasteiger partial charge < -0.3 is 15.5 Å². The van der Waals surface area contributed by atoms with Gasteiger partial charge in [-0.3, -0.25) is 0 Å². The molecule has 0 aromatic carbocycles. The summed E-state index contributed by atoms with van der Waals surface area (Å²) in [5, 5.41) is -0.175. The first-order chi connectivity index (χ1) is 3.95. The third-order valence-corrected chi connectivity index (χ3v) is 3.38. The predicted octanol–water partition coefficient (Wildman–Crippen LogP) is 0.160. The molecule has 56 valence electrons. The maximum atomic E-state index is 10.2. The van der Waals surface area contributed by atoms with Gasteiger partial charge in [0.1, 0.15) is 0 Å². The third-order valence-electron chi connectivity index (χ3n) is 0.649. The van der Waals surface area contributed by atoms with Gasteiger partial charge in [-0.25, -0.2) is 4.57 Å². The molecule has 6 heteroatoms. The molecule has 0 aromatic rings. The molecule has 0 aromatic heterocycles. The highest BCUT2D eigenvalue weighted by molar-refractivity contribution is 8.54. The molecule has 0 saturated carbocycles. The number of nitrogens with two attached hydrogens (primary N) is 1. The van der Waals surface area contributed by atoms with E-state index in [1.807, 2.05) is 0 Å². The van der Waals surface area contributed by atoms with E-state index in [2.05, 4.69) is 0 Å². The Balaban J connectivity index is 3.60. The largest absolute Gasteiger partial charge is 0.384 e. The normalized spacial score (nSPS) is 15.6. The molecule has 0 radical (unpaired) electrons. The summed E-state index contributed by atoms with van der Waals surface area (Å²) in [6.45, 7) is -1.94. The molecular weight excluding hydrogens is 161 g/mol. The van der Waals surface area contributed by atoms with Crippen molar-refractivity contribution in [3.8, 4) is 0 Å². The van der Waals surface area contributed by atoms with Gasteiger partial charge in [-0.05, 0) is 11.4 Å². The van der Waals surface area contributed by atoms with Gasteiger partial charge in [0.15, 0.2) is 0 Å². The highest BCUT2D eigenvalue weighted by Gasteiger charge is 2.17. The topological polar surface area (TPSA) is 83.6 Å². The summed E-state index contributed by atoms with van der Waals surface area (Å²) in [5.41, 5.74) is 5.12. The number of hydrogen-bond acceptors (Lipinski definition) is 3. The van der Waals surface area contributed by atoms with Crippen LogP contribution < -0.4 is 5.73 Å². The summed E-state index contributed by atoms with van der Waals surface area (Å²) in [6, 6.07) is 0. The molecule has 0 aliphatic heterocycles. The van der Waals surface area contributed by atoms with Crippen LogP contribution in [0.3, 0.4) is 0 Å². The fourth-order valence-electron chi connectivity index (χ4n) is 0.277. The molecule has 4 N–H and O–H groups in total. The monoisotopic (exact) mass is 171 g/mol. The predicted molar refractivity (Wildman–Crippen MR) is 38.2 cm³/mol. The maximum absolute atomic E-state index is 10.2. The molecule has 0 spiro atoms. The Morgan fingerprint density at radius 3 is 2.33 bits per heavy atom. The van der Waals surface area contributed by atoms with Gasteiger partial charge in [0.25, 0.3) is 0 Å². The standard InChI is InChI=1S/C3H10NO3PS/c1-3(2-4)9-8(5,6)7/h3H,2,4H2,1H3,(H2,5,6,7). The summed E-state index contributed by atoms with van der Waals surface area (Å²) < 4.78 is 10.2. The zero-order valence-electron chi connectivity index (χ0n) is 5.02. The minimum absolute atomic E-state index is 0.175. The van der Waals surface area contributed by atoms with Crippen LogP contribution in [0, 0.1) is 0 Å². The van der Waals surface area contributed by atoms with E-state index in [1.165, 1.54) is 0 Å². The van der Waals surface area contributed by atoms with Crippen molar-refractivity contribution in [2.24, 2.45) is 5.73 Å². The first-order valence-corrected chi connectivity index (χ1v) is 5.49. The highest BCUT2D eigenvalue weighted by atomic mass is 32.7. The summed E-state index contributed by atoms with van der Waals surface area (Å²) in [4.78, 5) is 16.7. The molecule has 0 rings (SSSR count). The average Bonchev–Trinajstić information content (AvgIpc) is 1.62. The summed E-state index contributed by atoms with van der Waals surface area (Å²) in [5.74, 6) is 0. The van der Waals surface area contributed by atoms with Gasteiger partial charge in [0.05, 0.1) is 0 Å². The average molecular weight is 171 g/mol. The zero-order chi connectivity index (χ0) is 7.49.